The van der Waals surface area contributed by atoms with Crippen LogP contribution in [-0.4, -0.2) is 5.78 Å². The second-order valence-electron chi connectivity index (χ2n) is 5.73. The fourth-order valence-corrected chi connectivity index (χ4v) is 2.72. The van der Waals surface area contributed by atoms with Gasteiger partial charge in [0.15, 0.2) is 5.78 Å². The Balaban J connectivity index is 1.58. The van der Waals surface area contributed by atoms with Crippen molar-refractivity contribution in [3.8, 4) is 0 Å². The number of ketones is 1. The number of hydrogen-bond acceptors (Lipinski definition) is 1. The van der Waals surface area contributed by atoms with E-state index in [0.29, 0.717) is 0 Å². The summed E-state index contributed by atoms with van der Waals surface area (Å²) >= 11 is 0. The summed E-state index contributed by atoms with van der Waals surface area (Å²) in [5.41, 5.74) is 4.15. The Labute approximate surface area is 137 Å². The number of benzene rings is 3. The molecule has 3 aromatic rings. The molecule has 0 radical (unpaired) electrons. The van der Waals surface area contributed by atoms with Gasteiger partial charge in [-0.15, -0.1) is 0 Å². The van der Waals surface area contributed by atoms with Crippen LogP contribution in [0.25, 0.3) is 0 Å². The Morgan fingerprint density at radius 1 is 0.565 bits per heavy atom. The third-order valence-electron chi connectivity index (χ3n) is 4.03. The van der Waals surface area contributed by atoms with E-state index in [9.17, 15) is 4.79 Å². The van der Waals surface area contributed by atoms with Gasteiger partial charge in [0, 0.05) is 11.1 Å². The summed E-state index contributed by atoms with van der Waals surface area (Å²) in [6.45, 7) is 0. The summed E-state index contributed by atoms with van der Waals surface area (Å²) < 4.78 is 0. The molecule has 0 saturated carbocycles. The molecule has 114 valence electrons. The SMILES string of the molecule is O=C(c1ccccc1)c1ccc(CCCc2ccccc2)cc1. The minimum absolute atomic E-state index is 0.0847. The predicted molar refractivity (Wildman–Crippen MR) is 94.8 cm³/mol. The molecule has 23 heavy (non-hydrogen) atoms. The molecule has 1 nitrogen and oxygen atoms in total. The molecule has 0 aromatic heterocycles. The predicted octanol–water partition coefficient (Wildman–Crippen LogP) is 5.09. The van der Waals surface area contributed by atoms with Crippen molar-refractivity contribution >= 4 is 5.78 Å². The van der Waals surface area contributed by atoms with Crippen molar-refractivity contribution < 1.29 is 4.79 Å². The Bertz CT molecular complexity index is 743. The Morgan fingerprint density at radius 2 is 1.04 bits per heavy atom. The Kier molecular flexibility index (Phi) is 5.00. The minimum Gasteiger partial charge on any atom is -0.289 e. The van der Waals surface area contributed by atoms with Gasteiger partial charge < -0.3 is 0 Å². The minimum atomic E-state index is 0.0847. The largest absolute Gasteiger partial charge is 0.289 e. The van der Waals surface area contributed by atoms with E-state index < -0.39 is 0 Å². The van der Waals surface area contributed by atoms with Gasteiger partial charge in [-0.2, -0.15) is 0 Å². The van der Waals surface area contributed by atoms with Crippen molar-refractivity contribution in [3.63, 3.8) is 0 Å². The second-order valence-corrected chi connectivity index (χ2v) is 5.73. The third-order valence-corrected chi connectivity index (χ3v) is 4.03. The van der Waals surface area contributed by atoms with Crippen molar-refractivity contribution in [1.82, 2.24) is 0 Å². The molecule has 0 aliphatic heterocycles. The summed E-state index contributed by atoms with van der Waals surface area (Å²) in [6.07, 6.45) is 3.25. The number of aryl methyl sites for hydroxylation is 2. The van der Waals surface area contributed by atoms with Crippen molar-refractivity contribution in [1.29, 1.82) is 0 Å². The number of hydrogen-bond donors (Lipinski definition) is 0. The molecule has 0 amide bonds. The summed E-state index contributed by atoms with van der Waals surface area (Å²) in [6, 6.07) is 28.0. The van der Waals surface area contributed by atoms with E-state index in [2.05, 4.69) is 36.4 Å². The van der Waals surface area contributed by atoms with Crippen molar-refractivity contribution in [3.05, 3.63) is 107 Å². The number of carbonyl (C=O) groups is 1. The molecule has 0 heterocycles. The van der Waals surface area contributed by atoms with E-state index in [4.69, 9.17) is 0 Å². The highest BCUT2D eigenvalue weighted by Crippen LogP contribution is 2.13. The zero-order valence-corrected chi connectivity index (χ0v) is 13.1. The molecule has 3 aromatic carbocycles. The monoisotopic (exact) mass is 300 g/mol. The van der Waals surface area contributed by atoms with Gasteiger partial charge in [0.25, 0.3) is 0 Å². The van der Waals surface area contributed by atoms with E-state index >= 15 is 0 Å². The van der Waals surface area contributed by atoms with Gasteiger partial charge in [0.2, 0.25) is 0 Å². The summed E-state index contributed by atoms with van der Waals surface area (Å²) in [5.74, 6) is 0.0847. The van der Waals surface area contributed by atoms with E-state index in [1.54, 1.807) is 0 Å². The van der Waals surface area contributed by atoms with E-state index in [1.807, 2.05) is 48.5 Å². The molecule has 3 rings (SSSR count). The van der Waals surface area contributed by atoms with Gasteiger partial charge in [-0.3, -0.25) is 4.79 Å². The second kappa shape index (κ2) is 7.55. The molecular weight excluding hydrogens is 280 g/mol. The summed E-state index contributed by atoms with van der Waals surface area (Å²) in [7, 11) is 0. The van der Waals surface area contributed by atoms with Gasteiger partial charge in [-0.25, -0.2) is 0 Å². The third kappa shape index (κ3) is 4.17. The number of rotatable bonds is 6. The van der Waals surface area contributed by atoms with Crippen LogP contribution in [0.3, 0.4) is 0 Å². The van der Waals surface area contributed by atoms with Crippen LogP contribution in [-0.2, 0) is 12.8 Å². The van der Waals surface area contributed by atoms with Crippen LogP contribution in [0.5, 0.6) is 0 Å². The Hall–Kier alpha value is -2.67. The van der Waals surface area contributed by atoms with Gasteiger partial charge in [0.1, 0.15) is 0 Å². The zero-order valence-electron chi connectivity index (χ0n) is 13.1. The van der Waals surface area contributed by atoms with Crippen LogP contribution in [0, 0.1) is 0 Å². The fraction of sp³-hybridized carbons (Fsp3) is 0.136. The molecule has 0 aliphatic rings. The van der Waals surface area contributed by atoms with Gasteiger partial charge in [-0.05, 0) is 30.4 Å². The van der Waals surface area contributed by atoms with Crippen LogP contribution >= 0.6 is 0 Å². The molecule has 0 N–H and O–H groups in total. The normalized spacial score (nSPS) is 10.4. The van der Waals surface area contributed by atoms with Crippen LogP contribution in [0.1, 0.15) is 33.5 Å². The van der Waals surface area contributed by atoms with E-state index in [-0.39, 0.29) is 5.78 Å². The van der Waals surface area contributed by atoms with Crippen molar-refractivity contribution in [2.45, 2.75) is 19.3 Å². The molecule has 0 bridgehead atoms. The average Bonchev–Trinajstić information content (AvgIpc) is 2.63. The lowest BCUT2D eigenvalue weighted by Gasteiger charge is -2.05. The molecule has 1 heteroatoms. The lowest BCUT2D eigenvalue weighted by Crippen LogP contribution is -2.01. The fourth-order valence-electron chi connectivity index (χ4n) is 2.72. The van der Waals surface area contributed by atoms with Crippen molar-refractivity contribution in [2.75, 3.05) is 0 Å². The maximum absolute atomic E-state index is 12.4. The van der Waals surface area contributed by atoms with Crippen LogP contribution in [0.15, 0.2) is 84.9 Å². The first kappa shape index (κ1) is 15.2. The van der Waals surface area contributed by atoms with E-state index in [1.165, 1.54) is 11.1 Å². The number of carbonyl (C=O) groups excluding carboxylic acids is 1. The lowest BCUT2D eigenvalue weighted by molar-refractivity contribution is 0.103. The van der Waals surface area contributed by atoms with Gasteiger partial charge >= 0.3 is 0 Å². The maximum atomic E-state index is 12.4. The summed E-state index contributed by atoms with van der Waals surface area (Å²) in [5, 5.41) is 0. The molecular formula is C22H20O. The quantitative estimate of drug-likeness (QED) is 0.579. The Morgan fingerprint density at radius 3 is 1.65 bits per heavy atom. The van der Waals surface area contributed by atoms with Crippen LogP contribution in [0.2, 0.25) is 0 Å². The first-order valence-corrected chi connectivity index (χ1v) is 8.05. The highest BCUT2D eigenvalue weighted by molar-refractivity contribution is 6.08. The van der Waals surface area contributed by atoms with Crippen molar-refractivity contribution in [2.24, 2.45) is 0 Å². The first-order valence-electron chi connectivity index (χ1n) is 8.05. The molecule has 0 unspecified atom stereocenters. The van der Waals surface area contributed by atoms with E-state index in [0.717, 1.165) is 30.4 Å². The smallest absolute Gasteiger partial charge is 0.193 e. The molecule has 0 saturated heterocycles. The topological polar surface area (TPSA) is 17.1 Å². The average molecular weight is 300 g/mol. The highest BCUT2D eigenvalue weighted by Gasteiger charge is 2.07. The highest BCUT2D eigenvalue weighted by atomic mass is 16.1. The van der Waals surface area contributed by atoms with Gasteiger partial charge in [0.05, 0.1) is 0 Å². The van der Waals surface area contributed by atoms with Crippen LogP contribution in [0.4, 0.5) is 0 Å². The zero-order chi connectivity index (χ0) is 15.9. The molecule has 0 spiro atoms. The standard InChI is InChI=1S/C22H20O/c23-22(20-12-5-2-6-13-20)21-16-14-19(15-17-21)11-7-10-18-8-3-1-4-9-18/h1-6,8-9,12-17H,7,10-11H2. The van der Waals surface area contributed by atoms with Crippen LogP contribution < -0.4 is 0 Å². The summed E-state index contributed by atoms with van der Waals surface area (Å²) in [4.78, 5) is 12.4. The molecule has 0 aliphatic carbocycles. The molecule has 0 fully saturated rings. The molecule has 0 atom stereocenters. The first-order chi connectivity index (χ1) is 11.3. The van der Waals surface area contributed by atoms with Gasteiger partial charge in [-0.1, -0.05) is 84.9 Å². The maximum Gasteiger partial charge on any atom is 0.193 e. The lowest BCUT2D eigenvalue weighted by atomic mass is 9.99.